The summed E-state index contributed by atoms with van der Waals surface area (Å²) in [5.41, 5.74) is 13.3. The second kappa shape index (κ2) is 11.0. The summed E-state index contributed by atoms with van der Waals surface area (Å²) < 4.78 is 12.9. The van der Waals surface area contributed by atoms with Crippen LogP contribution in [0.2, 0.25) is 0 Å². The van der Waals surface area contributed by atoms with E-state index in [0.717, 1.165) is 0 Å². The average molecular weight is 559 g/mol. The number of carbonyl (C=O) groups excluding carboxylic acids is 2. The van der Waals surface area contributed by atoms with Crippen molar-refractivity contribution in [3.8, 4) is 35.0 Å². The van der Waals surface area contributed by atoms with E-state index >= 15 is 0 Å². The van der Waals surface area contributed by atoms with Crippen LogP contribution in [0.1, 0.15) is 43.2 Å². The SMILES string of the molecule is COc1ccc(-n2nc(C(=O)c3ccc(C(=O)c4nn(-c5ccc(OC)cc5)c(N)c4C#N)cc3)c(C#N)c2N)cc1. The molecule has 2 heterocycles. The monoisotopic (exact) mass is 558 g/mol. The van der Waals surface area contributed by atoms with E-state index in [0.29, 0.717) is 22.9 Å². The molecular formula is C30H22N8O4. The first-order valence-electron chi connectivity index (χ1n) is 12.4. The highest BCUT2D eigenvalue weighted by Gasteiger charge is 2.26. The van der Waals surface area contributed by atoms with Crippen molar-refractivity contribution in [2.45, 2.75) is 0 Å². The fourth-order valence-electron chi connectivity index (χ4n) is 4.29. The summed E-state index contributed by atoms with van der Waals surface area (Å²) in [6.07, 6.45) is 0. The van der Waals surface area contributed by atoms with Gasteiger partial charge in [-0.3, -0.25) is 9.59 Å². The number of hydrogen-bond acceptors (Lipinski definition) is 10. The Bertz CT molecular complexity index is 1770. The van der Waals surface area contributed by atoms with Gasteiger partial charge in [-0.2, -0.15) is 20.7 Å². The number of methoxy groups -OCH3 is 2. The molecule has 0 amide bonds. The number of nitriles is 2. The zero-order chi connectivity index (χ0) is 30.0. The number of nitrogens with zero attached hydrogens (tertiary/aromatic N) is 6. The number of carbonyl (C=O) groups is 2. The van der Waals surface area contributed by atoms with Gasteiger partial charge in [0, 0.05) is 11.1 Å². The quantitative estimate of drug-likeness (QED) is 0.267. The Labute approximate surface area is 239 Å². The van der Waals surface area contributed by atoms with Crippen LogP contribution in [0.15, 0.2) is 72.8 Å². The van der Waals surface area contributed by atoms with E-state index in [-0.39, 0.29) is 45.3 Å². The van der Waals surface area contributed by atoms with E-state index in [1.807, 2.05) is 12.1 Å². The summed E-state index contributed by atoms with van der Waals surface area (Å²) in [7, 11) is 3.07. The van der Waals surface area contributed by atoms with Gasteiger partial charge in [0.1, 0.15) is 46.4 Å². The normalized spacial score (nSPS) is 10.5. The van der Waals surface area contributed by atoms with Gasteiger partial charge in [-0.1, -0.05) is 24.3 Å². The van der Waals surface area contributed by atoms with Crippen molar-refractivity contribution in [2.75, 3.05) is 25.7 Å². The molecule has 12 heteroatoms. The zero-order valence-corrected chi connectivity index (χ0v) is 22.4. The summed E-state index contributed by atoms with van der Waals surface area (Å²) in [4.78, 5) is 26.7. The maximum Gasteiger partial charge on any atom is 0.214 e. The topological polar surface area (TPSA) is 188 Å². The maximum absolute atomic E-state index is 13.4. The lowest BCUT2D eigenvalue weighted by molar-refractivity contribution is 0.102. The lowest BCUT2D eigenvalue weighted by atomic mass is 10.0. The molecule has 5 aromatic rings. The van der Waals surface area contributed by atoms with Crippen LogP contribution in [0.5, 0.6) is 11.5 Å². The number of hydrogen-bond donors (Lipinski definition) is 2. The maximum atomic E-state index is 13.4. The van der Waals surface area contributed by atoms with Gasteiger partial charge in [-0.15, -0.1) is 0 Å². The predicted octanol–water partition coefficient (Wildman–Crippen LogP) is 3.44. The first-order valence-corrected chi connectivity index (χ1v) is 12.4. The number of ketones is 2. The standard InChI is InChI=1S/C30H22N8O4/c1-41-21-11-7-19(8-12-21)37-29(33)23(15-31)25(35-37)27(39)17-3-5-18(6-4-17)28(40)26-24(16-32)30(34)38(36-26)20-9-13-22(42-2)14-10-20/h3-14H,33-34H2,1-2H3. The predicted molar refractivity (Wildman–Crippen MR) is 152 cm³/mol. The second-order valence-corrected chi connectivity index (χ2v) is 8.90. The van der Waals surface area contributed by atoms with Crippen LogP contribution in [0.3, 0.4) is 0 Å². The summed E-state index contributed by atoms with van der Waals surface area (Å²) >= 11 is 0. The molecule has 0 bridgehead atoms. The molecule has 3 aromatic carbocycles. The Balaban J connectivity index is 1.44. The van der Waals surface area contributed by atoms with Crippen molar-refractivity contribution >= 4 is 23.2 Å². The van der Waals surface area contributed by atoms with E-state index in [4.69, 9.17) is 20.9 Å². The lowest BCUT2D eigenvalue weighted by Gasteiger charge is -2.05. The molecule has 0 aliphatic heterocycles. The molecule has 2 aromatic heterocycles. The molecule has 206 valence electrons. The minimum Gasteiger partial charge on any atom is -0.497 e. The molecule has 0 fully saturated rings. The van der Waals surface area contributed by atoms with Crippen molar-refractivity contribution in [1.29, 1.82) is 10.5 Å². The van der Waals surface area contributed by atoms with Gasteiger partial charge in [0.2, 0.25) is 11.6 Å². The van der Waals surface area contributed by atoms with Gasteiger partial charge in [-0.25, -0.2) is 9.36 Å². The molecule has 0 aliphatic carbocycles. The number of benzene rings is 3. The number of aromatic nitrogens is 4. The van der Waals surface area contributed by atoms with E-state index in [1.165, 1.54) is 47.8 Å². The van der Waals surface area contributed by atoms with Crippen molar-refractivity contribution in [1.82, 2.24) is 19.6 Å². The molecule has 0 atom stereocenters. The Morgan fingerprint density at radius 3 is 1.26 bits per heavy atom. The minimum atomic E-state index is -0.560. The van der Waals surface area contributed by atoms with E-state index in [1.54, 1.807) is 48.5 Å². The Kier molecular flexibility index (Phi) is 7.12. The van der Waals surface area contributed by atoms with Crippen LogP contribution in [0.25, 0.3) is 11.4 Å². The molecule has 0 saturated heterocycles. The molecule has 4 N–H and O–H groups in total. The Morgan fingerprint density at radius 1 is 0.643 bits per heavy atom. The van der Waals surface area contributed by atoms with Crippen LogP contribution in [-0.4, -0.2) is 45.3 Å². The van der Waals surface area contributed by atoms with Gasteiger partial charge in [-0.05, 0) is 48.5 Å². The molecule has 0 spiro atoms. The van der Waals surface area contributed by atoms with Crippen LogP contribution in [0.4, 0.5) is 11.6 Å². The highest BCUT2D eigenvalue weighted by molar-refractivity contribution is 6.12. The number of nitrogen functional groups attached to an aromatic ring is 2. The van der Waals surface area contributed by atoms with Crippen molar-refractivity contribution in [2.24, 2.45) is 0 Å². The first-order chi connectivity index (χ1) is 20.3. The van der Waals surface area contributed by atoms with Gasteiger partial charge in [0.05, 0.1) is 25.6 Å². The summed E-state index contributed by atoms with van der Waals surface area (Å²) in [5, 5.41) is 28.0. The van der Waals surface area contributed by atoms with Crippen molar-refractivity contribution in [3.05, 3.63) is 106 Å². The second-order valence-electron chi connectivity index (χ2n) is 8.90. The average Bonchev–Trinajstić information content (AvgIpc) is 3.56. The molecule has 0 unspecified atom stereocenters. The third-order valence-electron chi connectivity index (χ3n) is 6.54. The largest absolute Gasteiger partial charge is 0.497 e. The Morgan fingerprint density at radius 2 is 0.976 bits per heavy atom. The van der Waals surface area contributed by atoms with Crippen molar-refractivity contribution in [3.63, 3.8) is 0 Å². The van der Waals surface area contributed by atoms with Gasteiger partial charge in [0.15, 0.2) is 11.4 Å². The fraction of sp³-hybridized carbons (Fsp3) is 0.0667. The summed E-state index contributed by atoms with van der Waals surface area (Å²) in [6, 6.07) is 23.2. The molecule has 0 radical (unpaired) electrons. The molecular weight excluding hydrogens is 536 g/mol. The molecule has 0 aliphatic rings. The number of nitrogens with two attached hydrogens (primary N) is 2. The molecule has 5 rings (SSSR count). The highest BCUT2D eigenvalue weighted by Crippen LogP contribution is 2.26. The first kappa shape index (κ1) is 27.2. The van der Waals surface area contributed by atoms with Crippen LogP contribution in [-0.2, 0) is 0 Å². The Hall–Kier alpha value is -6.40. The lowest BCUT2D eigenvalue weighted by Crippen LogP contribution is -2.08. The fourth-order valence-corrected chi connectivity index (χ4v) is 4.29. The minimum absolute atomic E-state index is 0.00637. The van der Waals surface area contributed by atoms with Crippen LogP contribution >= 0.6 is 0 Å². The van der Waals surface area contributed by atoms with Gasteiger partial charge in [0.25, 0.3) is 0 Å². The summed E-state index contributed by atoms with van der Waals surface area (Å²) in [6.45, 7) is 0. The zero-order valence-electron chi connectivity index (χ0n) is 22.4. The van der Waals surface area contributed by atoms with Crippen LogP contribution in [0, 0.1) is 22.7 Å². The van der Waals surface area contributed by atoms with Gasteiger partial charge < -0.3 is 20.9 Å². The third kappa shape index (κ3) is 4.65. The van der Waals surface area contributed by atoms with Gasteiger partial charge >= 0.3 is 0 Å². The summed E-state index contributed by atoms with van der Waals surface area (Å²) in [5.74, 6) is 0.130. The van der Waals surface area contributed by atoms with E-state index < -0.39 is 11.6 Å². The van der Waals surface area contributed by atoms with Crippen molar-refractivity contribution < 1.29 is 19.1 Å². The van der Waals surface area contributed by atoms with Crippen LogP contribution < -0.4 is 20.9 Å². The number of anilines is 2. The number of ether oxygens (including phenoxy) is 2. The van der Waals surface area contributed by atoms with E-state index in [9.17, 15) is 20.1 Å². The highest BCUT2D eigenvalue weighted by atomic mass is 16.5. The molecule has 42 heavy (non-hydrogen) atoms. The molecule has 0 saturated carbocycles. The number of rotatable bonds is 8. The molecule has 12 nitrogen and oxygen atoms in total. The smallest absolute Gasteiger partial charge is 0.214 e. The third-order valence-corrected chi connectivity index (χ3v) is 6.54. The van der Waals surface area contributed by atoms with E-state index in [2.05, 4.69) is 10.2 Å².